The molecule has 0 bridgehead atoms. The largest absolute Gasteiger partial charge is 0.477 e. The number of hydrogen-bond donors (Lipinski definition) is 3. The molecule has 0 spiro atoms. The fourth-order valence-electron chi connectivity index (χ4n) is 1.70. The van der Waals surface area contributed by atoms with Crippen molar-refractivity contribution in [1.82, 2.24) is 10.3 Å². The lowest BCUT2D eigenvalue weighted by molar-refractivity contribution is 0.0690. The Labute approximate surface area is 107 Å². The van der Waals surface area contributed by atoms with Crippen LogP contribution in [-0.2, 0) is 10.8 Å². The molecule has 1 rings (SSSR count). The zero-order chi connectivity index (χ0) is 13.9. The van der Waals surface area contributed by atoms with Crippen LogP contribution in [0.1, 0.15) is 32.1 Å². The summed E-state index contributed by atoms with van der Waals surface area (Å²) < 4.78 is 10.9. The molecule has 0 saturated carbocycles. The highest BCUT2D eigenvalue weighted by molar-refractivity contribution is 7.84. The summed E-state index contributed by atoms with van der Waals surface area (Å²) in [7, 11) is -0.968. The molecule has 6 nitrogen and oxygen atoms in total. The van der Waals surface area contributed by atoms with Crippen LogP contribution in [0.3, 0.4) is 0 Å². The molecule has 100 valence electrons. The number of carboxylic acid groups (broad SMARTS) is 1. The normalized spacial score (nSPS) is 12.2. The van der Waals surface area contributed by atoms with Gasteiger partial charge in [-0.3, -0.25) is 9.00 Å². The van der Waals surface area contributed by atoms with E-state index < -0.39 is 16.8 Å². The van der Waals surface area contributed by atoms with Gasteiger partial charge in [0.2, 0.25) is 0 Å². The number of rotatable bonds is 5. The summed E-state index contributed by atoms with van der Waals surface area (Å²) >= 11 is 0. The molecule has 3 N–H and O–H groups in total. The maximum absolute atomic E-state index is 11.9. The minimum absolute atomic E-state index is 0.0247. The molecule has 1 atom stereocenters. The summed E-state index contributed by atoms with van der Waals surface area (Å²) in [6, 6.07) is 0. The molecule has 0 fully saturated rings. The number of aromatic carboxylic acids is 1. The highest BCUT2D eigenvalue weighted by Crippen LogP contribution is 2.17. The molecular formula is C11H16N2O4S. The number of nitrogens with one attached hydrogen (secondary N) is 2. The second-order valence-corrected chi connectivity index (χ2v) is 5.52. The van der Waals surface area contributed by atoms with Crippen molar-refractivity contribution in [1.29, 1.82) is 0 Å². The van der Waals surface area contributed by atoms with E-state index in [2.05, 4.69) is 10.3 Å². The van der Waals surface area contributed by atoms with E-state index >= 15 is 0 Å². The molecule has 0 radical (unpaired) electrons. The quantitative estimate of drug-likeness (QED) is 0.724. The molecule has 1 aromatic rings. The Balaban J connectivity index is 2.86. The van der Waals surface area contributed by atoms with Gasteiger partial charge in [0.25, 0.3) is 5.91 Å². The number of H-pyrrole nitrogens is 1. The molecule has 0 aliphatic heterocycles. The standard InChI is InChI=1S/C11H16N2O4S/c1-6-8(7(2)13-9(6)11(15)16)10(14)12-4-5-18(3)17/h13H,4-5H2,1-3H3,(H,12,14)(H,15,16). The number of carbonyl (C=O) groups is 2. The van der Waals surface area contributed by atoms with Crippen LogP contribution >= 0.6 is 0 Å². The third-order valence-electron chi connectivity index (χ3n) is 2.55. The molecule has 0 aliphatic carbocycles. The highest BCUT2D eigenvalue weighted by Gasteiger charge is 2.21. The average molecular weight is 272 g/mol. The van der Waals surface area contributed by atoms with Crippen LogP contribution in [0.5, 0.6) is 0 Å². The van der Waals surface area contributed by atoms with E-state index in [1.54, 1.807) is 20.1 Å². The first-order valence-electron chi connectivity index (χ1n) is 5.35. The van der Waals surface area contributed by atoms with E-state index in [9.17, 15) is 13.8 Å². The Kier molecular flexibility index (Phi) is 4.66. The maximum atomic E-state index is 11.9. The topological polar surface area (TPSA) is 99.3 Å². The minimum atomic E-state index is -1.09. The van der Waals surface area contributed by atoms with Crippen LogP contribution in [0.4, 0.5) is 0 Å². The van der Waals surface area contributed by atoms with Gasteiger partial charge in [0.1, 0.15) is 5.69 Å². The van der Waals surface area contributed by atoms with Gasteiger partial charge in [-0.2, -0.15) is 0 Å². The second kappa shape index (κ2) is 5.81. The van der Waals surface area contributed by atoms with Crippen molar-refractivity contribution in [2.45, 2.75) is 13.8 Å². The summed E-state index contributed by atoms with van der Waals surface area (Å²) in [6.45, 7) is 3.53. The predicted molar refractivity (Wildman–Crippen MR) is 68.5 cm³/mol. The lowest BCUT2D eigenvalue weighted by Gasteiger charge is -2.04. The third-order valence-corrected chi connectivity index (χ3v) is 3.33. The Morgan fingerprint density at radius 3 is 2.44 bits per heavy atom. The molecular weight excluding hydrogens is 256 g/mol. The predicted octanol–water partition coefficient (Wildman–Crippen LogP) is 0.438. The van der Waals surface area contributed by atoms with Crippen molar-refractivity contribution >= 4 is 22.7 Å². The monoisotopic (exact) mass is 272 g/mol. The van der Waals surface area contributed by atoms with Gasteiger partial charge in [-0.1, -0.05) is 0 Å². The van der Waals surface area contributed by atoms with Gasteiger partial charge in [0.05, 0.1) is 5.56 Å². The number of amides is 1. The minimum Gasteiger partial charge on any atom is -0.477 e. The summed E-state index contributed by atoms with van der Waals surface area (Å²) in [5.41, 5.74) is 1.29. The molecule has 0 aliphatic rings. The van der Waals surface area contributed by atoms with E-state index in [0.29, 0.717) is 29.1 Å². The number of carboxylic acids is 1. The first-order chi connectivity index (χ1) is 8.34. The van der Waals surface area contributed by atoms with Crippen LogP contribution in [0, 0.1) is 13.8 Å². The summed E-state index contributed by atoms with van der Waals surface area (Å²) in [5, 5.41) is 11.6. The SMILES string of the molecule is Cc1[nH]c(C(=O)O)c(C)c1C(=O)NCCS(C)=O. The van der Waals surface area contributed by atoms with Crippen molar-refractivity contribution in [3.8, 4) is 0 Å². The number of aromatic amines is 1. The molecule has 1 amide bonds. The van der Waals surface area contributed by atoms with Crippen LogP contribution in [0.15, 0.2) is 0 Å². The van der Waals surface area contributed by atoms with Gasteiger partial charge in [-0.15, -0.1) is 0 Å². The molecule has 7 heteroatoms. The number of carbonyl (C=O) groups excluding carboxylic acids is 1. The maximum Gasteiger partial charge on any atom is 0.352 e. The van der Waals surface area contributed by atoms with E-state index in [1.165, 1.54) is 0 Å². The van der Waals surface area contributed by atoms with Crippen LogP contribution in [-0.4, -0.2) is 44.7 Å². The van der Waals surface area contributed by atoms with Gasteiger partial charge in [0.15, 0.2) is 0 Å². The van der Waals surface area contributed by atoms with Crippen LogP contribution in [0.25, 0.3) is 0 Å². The van der Waals surface area contributed by atoms with E-state index in [0.717, 1.165) is 0 Å². The van der Waals surface area contributed by atoms with Crippen molar-refractivity contribution < 1.29 is 18.9 Å². The fourth-order valence-corrected chi connectivity index (χ4v) is 2.09. The number of aromatic nitrogens is 1. The van der Waals surface area contributed by atoms with E-state index in [4.69, 9.17) is 5.11 Å². The Morgan fingerprint density at radius 1 is 1.39 bits per heavy atom. The number of aryl methyl sites for hydroxylation is 1. The lowest BCUT2D eigenvalue weighted by atomic mass is 10.1. The van der Waals surface area contributed by atoms with E-state index in [-0.39, 0.29) is 11.6 Å². The third kappa shape index (κ3) is 3.19. The average Bonchev–Trinajstić information content (AvgIpc) is 2.53. The first-order valence-corrected chi connectivity index (χ1v) is 7.08. The number of hydrogen-bond acceptors (Lipinski definition) is 3. The van der Waals surface area contributed by atoms with Gasteiger partial charge in [0, 0.05) is 35.0 Å². The van der Waals surface area contributed by atoms with Gasteiger partial charge >= 0.3 is 5.97 Å². The van der Waals surface area contributed by atoms with Gasteiger partial charge < -0.3 is 15.4 Å². The van der Waals surface area contributed by atoms with Crippen molar-refractivity contribution in [2.75, 3.05) is 18.6 Å². The molecule has 18 heavy (non-hydrogen) atoms. The first kappa shape index (κ1) is 14.4. The van der Waals surface area contributed by atoms with Crippen molar-refractivity contribution in [3.63, 3.8) is 0 Å². The summed E-state index contributed by atoms with van der Waals surface area (Å²) in [4.78, 5) is 25.5. The van der Waals surface area contributed by atoms with Gasteiger partial charge in [-0.25, -0.2) is 4.79 Å². The Hall–Kier alpha value is -1.63. The summed E-state index contributed by atoms with van der Waals surface area (Å²) in [5.74, 6) is -1.07. The summed E-state index contributed by atoms with van der Waals surface area (Å²) in [6.07, 6.45) is 1.56. The zero-order valence-electron chi connectivity index (χ0n) is 10.5. The Bertz CT molecular complexity index is 507. The molecule has 1 aromatic heterocycles. The van der Waals surface area contributed by atoms with Crippen LogP contribution < -0.4 is 5.32 Å². The van der Waals surface area contributed by atoms with E-state index in [1.807, 2.05) is 0 Å². The molecule has 1 heterocycles. The zero-order valence-corrected chi connectivity index (χ0v) is 11.3. The van der Waals surface area contributed by atoms with Crippen molar-refractivity contribution in [3.05, 3.63) is 22.5 Å². The van der Waals surface area contributed by atoms with Crippen molar-refractivity contribution in [2.24, 2.45) is 0 Å². The fraction of sp³-hybridized carbons (Fsp3) is 0.455. The highest BCUT2D eigenvalue weighted by atomic mass is 32.2. The Morgan fingerprint density at radius 2 is 2.00 bits per heavy atom. The molecule has 0 saturated heterocycles. The van der Waals surface area contributed by atoms with Crippen LogP contribution in [0.2, 0.25) is 0 Å². The second-order valence-electron chi connectivity index (χ2n) is 3.96. The molecule has 1 unspecified atom stereocenters. The molecule has 0 aromatic carbocycles. The lowest BCUT2D eigenvalue weighted by Crippen LogP contribution is -2.28. The van der Waals surface area contributed by atoms with Gasteiger partial charge in [-0.05, 0) is 19.4 Å². The smallest absolute Gasteiger partial charge is 0.352 e.